The molecule has 1 aliphatic carbocycles. The van der Waals surface area contributed by atoms with Crippen molar-refractivity contribution in [1.82, 2.24) is 10.3 Å². The molecule has 1 aliphatic rings. The van der Waals surface area contributed by atoms with Gasteiger partial charge in [-0.3, -0.25) is 9.59 Å². The number of rotatable bonds is 6. The third-order valence-electron chi connectivity index (χ3n) is 3.72. The first-order valence-electron chi connectivity index (χ1n) is 8.12. The van der Waals surface area contributed by atoms with Gasteiger partial charge in [-0.1, -0.05) is 35.3 Å². The molecule has 0 bridgehead atoms. The second kappa shape index (κ2) is 8.37. The van der Waals surface area contributed by atoms with Gasteiger partial charge in [0.05, 0.1) is 21.8 Å². The number of carbonyl (C=O) groups is 3. The topological polar surface area (TPSA) is 97.4 Å². The molecule has 27 heavy (non-hydrogen) atoms. The molecule has 7 nitrogen and oxygen atoms in total. The van der Waals surface area contributed by atoms with Crippen LogP contribution in [-0.4, -0.2) is 35.4 Å². The number of nitrogens with zero attached hydrogens (tertiary/aromatic N) is 1. The van der Waals surface area contributed by atoms with Gasteiger partial charge in [0.25, 0.3) is 11.8 Å². The van der Waals surface area contributed by atoms with Crippen LogP contribution in [-0.2, 0) is 9.53 Å². The molecule has 9 heteroatoms. The highest BCUT2D eigenvalue weighted by Crippen LogP contribution is 2.22. The van der Waals surface area contributed by atoms with Crippen LogP contribution >= 0.6 is 23.2 Å². The van der Waals surface area contributed by atoms with E-state index in [1.54, 1.807) is 24.3 Å². The van der Waals surface area contributed by atoms with Gasteiger partial charge in [0, 0.05) is 12.2 Å². The summed E-state index contributed by atoms with van der Waals surface area (Å²) >= 11 is 11.5. The molecule has 0 saturated heterocycles. The predicted molar refractivity (Wildman–Crippen MR) is 100 cm³/mol. The fourth-order valence-corrected chi connectivity index (χ4v) is 2.48. The molecule has 0 atom stereocenters. The van der Waals surface area contributed by atoms with Crippen molar-refractivity contribution in [2.45, 2.75) is 18.9 Å². The number of amides is 2. The summed E-state index contributed by atoms with van der Waals surface area (Å²) in [7, 11) is 0. The number of aromatic nitrogens is 1. The molecule has 1 fully saturated rings. The molecular formula is C18H15Cl2N3O4. The fourth-order valence-electron chi connectivity index (χ4n) is 2.21. The molecule has 1 aromatic carbocycles. The molecule has 1 aromatic heterocycles. The molecular weight excluding hydrogens is 393 g/mol. The van der Waals surface area contributed by atoms with E-state index in [0.29, 0.717) is 11.3 Å². The van der Waals surface area contributed by atoms with Crippen molar-refractivity contribution < 1.29 is 19.1 Å². The number of hydrogen-bond donors (Lipinski definition) is 2. The lowest BCUT2D eigenvalue weighted by molar-refractivity contribution is -0.119. The molecule has 3 rings (SSSR count). The molecule has 1 saturated carbocycles. The van der Waals surface area contributed by atoms with Crippen LogP contribution in [0, 0.1) is 0 Å². The average molecular weight is 408 g/mol. The Bertz CT molecular complexity index is 900. The van der Waals surface area contributed by atoms with E-state index in [4.69, 9.17) is 27.9 Å². The van der Waals surface area contributed by atoms with Crippen LogP contribution in [0.2, 0.25) is 10.2 Å². The fraction of sp³-hybridized carbons (Fsp3) is 0.222. The summed E-state index contributed by atoms with van der Waals surface area (Å²) in [5.74, 6) is -1.61. The summed E-state index contributed by atoms with van der Waals surface area (Å²) in [4.78, 5) is 40.0. The predicted octanol–water partition coefficient (Wildman–Crippen LogP) is 3.08. The Labute approximate surface area is 165 Å². The van der Waals surface area contributed by atoms with E-state index in [0.717, 1.165) is 12.8 Å². The SMILES string of the molecule is O=C(COC(=O)c1cnc(Cl)c(Cl)c1)Nc1ccccc1C(=O)NC1CC1. The summed E-state index contributed by atoms with van der Waals surface area (Å²) in [6.07, 6.45) is 3.12. The number of pyridine rings is 1. The minimum atomic E-state index is -0.768. The van der Waals surface area contributed by atoms with E-state index < -0.39 is 18.5 Å². The lowest BCUT2D eigenvalue weighted by Gasteiger charge is -2.11. The number of nitrogens with one attached hydrogen (secondary N) is 2. The lowest BCUT2D eigenvalue weighted by atomic mass is 10.1. The number of carbonyl (C=O) groups excluding carboxylic acids is 3. The van der Waals surface area contributed by atoms with Gasteiger partial charge < -0.3 is 15.4 Å². The van der Waals surface area contributed by atoms with Crippen LogP contribution in [0.1, 0.15) is 33.6 Å². The summed E-state index contributed by atoms with van der Waals surface area (Å²) in [6, 6.07) is 8.10. The molecule has 2 aromatic rings. The first kappa shape index (κ1) is 19.1. The molecule has 2 N–H and O–H groups in total. The van der Waals surface area contributed by atoms with Crippen molar-refractivity contribution in [2.24, 2.45) is 0 Å². The average Bonchev–Trinajstić information content (AvgIpc) is 3.46. The van der Waals surface area contributed by atoms with E-state index >= 15 is 0 Å². The third-order valence-corrected chi connectivity index (χ3v) is 4.41. The Kier molecular flexibility index (Phi) is 5.93. The van der Waals surface area contributed by atoms with Crippen molar-refractivity contribution in [2.75, 3.05) is 11.9 Å². The zero-order chi connectivity index (χ0) is 19.4. The molecule has 0 aliphatic heterocycles. The van der Waals surface area contributed by atoms with Gasteiger partial charge in [-0.15, -0.1) is 0 Å². The summed E-state index contributed by atoms with van der Waals surface area (Å²) in [5.41, 5.74) is 0.757. The number of halogens is 2. The van der Waals surface area contributed by atoms with E-state index in [1.807, 2.05) is 0 Å². The maximum Gasteiger partial charge on any atom is 0.340 e. The number of hydrogen-bond acceptors (Lipinski definition) is 5. The third kappa shape index (κ3) is 5.18. The lowest BCUT2D eigenvalue weighted by Crippen LogP contribution is -2.28. The first-order chi connectivity index (χ1) is 12.9. The zero-order valence-electron chi connectivity index (χ0n) is 14.0. The van der Waals surface area contributed by atoms with Crippen LogP contribution in [0.3, 0.4) is 0 Å². The first-order valence-corrected chi connectivity index (χ1v) is 8.87. The van der Waals surface area contributed by atoms with Crippen LogP contribution < -0.4 is 10.6 Å². The molecule has 0 spiro atoms. The number of ether oxygens (including phenoxy) is 1. The molecule has 2 amide bonds. The molecule has 0 unspecified atom stereocenters. The largest absolute Gasteiger partial charge is 0.452 e. The minimum Gasteiger partial charge on any atom is -0.452 e. The second-order valence-corrected chi connectivity index (χ2v) is 6.68. The van der Waals surface area contributed by atoms with Crippen LogP contribution in [0.25, 0.3) is 0 Å². The highest BCUT2D eigenvalue weighted by Gasteiger charge is 2.25. The molecule has 0 radical (unpaired) electrons. The Morgan fingerprint density at radius 2 is 1.93 bits per heavy atom. The number of anilines is 1. The number of esters is 1. The van der Waals surface area contributed by atoms with E-state index in [1.165, 1.54) is 12.3 Å². The van der Waals surface area contributed by atoms with Gasteiger partial charge >= 0.3 is 5.97 Å². The Morgan fingerprint density at radius 1 is 1.19 bits per heavy atom. The van der Waals surface area contributed by atoms with Crippen molar-refractivity contribution in [3.05, 3.63) is 57.8 Å². The van der Waals surface area contributed by atoms with Crippen LogP contribution in [0.15, 0.2) is 36.5 Å². The van der Waals surface area contributed by atoms with Gasteiger partial charge in [-0.2, -0.15) is 0 Å². The standard InChI is InChI=1S/C18H15Cl2N3O4/c19-13-7-10(8-21-16(13)20)18(26)27-9-15(24)23-14-4-2-1-3-12(14)17(25)22-11-5-6-11/h1-4,7-8,11H,5-6,9H2,(H,22,25)(H,23,24). The smallest absolute Gasteiger partial charge is 0.340 e. The molecule has 1 heterocycles. The normalized spacial score (nSPS) is 13.0. The van der Waals surface area contributed by atoms with Crippen LogP contribution in [0.5, 0.6) is 0 Å². The summed E-state index contributed by atoms with van der Waals surface area (Å²) in [5, 5.41) is 5.60. The van der Waals surface area contributed by atoms with Crippen molar-refractivity contribution >= 4 is 46.7 Å². The van der Waals surface area contributed by atoms with Crippen molar-refractivity contribution in [3.8, 4) is 0 Å². The van der Waals surface area contributed by atoms with Gasteiger partial charge in [0.15, 0.2) is 6.61 Å². The van der Waals surface area contributed by atoms with Gasteiger partial charge in [0.1, 0.15) is 5.15 Å². The quantitative estimate of drug-likeness (QED) is 0.566. The number of benzene rings is 1. The van der Waals surface area contributed by atoms with E-state index in [9.17, 15) is 14.4 Å². The Hall–Kier alpha value is -2.64. The summed E-state index contributed by atoms with van der Waals surface area (Å²) < 4.78 is 4.94. The van der Waals surface area contributed by atoms with Gasteiger partial charge in [0.2, 0.25) is 0 Å². The van der Waals surface area contributed by atoms with Crippen LogP contribution in [0.4, 0.5) is 5.69 Å². The van der Waals surface area contributed by atoms with Gasteiger partial charge in [-0.05, 0) is 31.0 Å². The summed E-state index contributed by atoms with van der Waals surface area (Å²) in [6.45, 7) is -0.530. The van der Waals surface area contributed by atoms with E-state index in [-0.39, 0.29) is 27.7 Å². The monoisotopic (exact) mass is 407 g/mol. The number of para-hydroxylation sites is 1. The Morgan fingerprint density at radius 3 is 2.63 bits per heavy atom. The van der Waals surface area contributed by atoms with Gasteiger partial charge in [-0.25, -0.2) is 9.78 Å². The molecule has 140 valence electrons. The minimum absolute atomic E-state index is 0.0621. The van der Waals surface area contributed by atoms with Crippen molar-refractivity contribution in [3.63, 3.8) is 0 Å². The maximum atomic E-state index is 12.2. The zero-order valence-corrected chi connectivity index (χ0v) is 15.5. The highest BCUT2D eigenvalue weighted by molar-refractivity contribution is 6.41. The highest BCUT2D eigenvalue weighted by atomic mass is 35.5. The maximum absolute atomic E-state index is 12.2. The van der Waals surface area contributed by atoms with Crippen molar-refractivity contribution in [1.29, 1.82) is 0 Å². The van der Waals surface area contributed by atoms with E-state index in [2.05, 4.69) is 15.6 Å². The Balaban J connectivity index is 1.58. The second-order valence-electron chi connectivity index (χ2n) is 5.91.